The number of nitrogens with two attached hydrogens (primary N) is 1. The number of hydrogen-bond acceptors (Lipinski definition) is 3. The van der Waals surface area contributed by atoms with Gasteiger partial charge in [-0.1, -0.05) is 13.8 Å². The molecule has 0 aromatic rings. The molecule has 3 N–H and O–H groups in total. The lowest BCUT2D eigenvalue weighted by molar-refractivity contribution is 0.359. The van der Waals surface area contributed by atoms with Crippen molar-refractivity contribution in [2.45, 2.75) is 40.2 Å². The van der Waals surface area contributed by atoms with Gasteiger partial charge in [0.25, 0.3) is 0 Å². The predicted molar refractivity (Wildman–Crippen MR) is 67.0 cm³/mol. The molecule has 0 aliphatic carbocycles. The van der Waals surface area contributed by atoms with E-state index in [4.69, 9.17) is 11.1 Å². The smallest absolute Gasteiger partial charge is 0.214 e. The van der Waals surface area contributed by atoms with E-state index in [2.05, 4.69) is 0 Å². The van der Waals surface area contributed by atoms with Crippen molar-refractivity contribution >= 4 is 15.9 Å². The first-order valence-electron chi connectivity index (χ1n) is 5.49. The predicted octanol–water partition coefficient (Wildman–Crippen LogP) is 1.01. The van der Waals surface area contributed by atoms with Crippen LogP contribution in [0.4, 0.5) is 0 Å². The van der Waals surface area contributed by atoms with Gasteiger partial charge in [0.05, 0.1) is 11.6 Å². The summed E-state index contributed by atoms with van der Waals surface area (Å²) < 4.78 is 25.4. The SMILES string of the molecule is CC(C)CS(=O)(=O)N(CCC(=N)N)C(C)C. The van der Waals surface area contributed by atoms with Gasteiger partial charge in [-0.05, 0) is 19.8 Å². The second-order valence-electron chi connectivity index (χ2n) is 4.65. The van der Waals surface area contributed by atoms with Crippen molar-refractivity contribution in [3.63, 3.8) is 0 Å². The Labute approximate surface area is 98.6 Å². The number of sulfonamides is 1. The molecule has 0 unspecified atom stereocenters. The van der Waals surface area contributed by atoms with Crippen LogP contribution in [-0.4, -0.2) is 36.9 Å². The minimum Gasteiger partial charge on any atom is -0.388 e. The molecular formula is C10H23N3O2S. The molecule has 0 aromatic carbocycles. The first-order chi connectivity index (χ1) is 7.16. The highest BCUT2D eigenvalue weighted by Crippen LogP contribution is 2.11. The second-order valence-corrected chi connectivity index (χ2v) is 6.62. The van der Waals surface area contributed by atoms with E-state index < -0.39 is 10.0 Å². The minimum absolute atomic E-state index is 0.0189. The topological polar surface area (TPSA) is 87.2 Å². The Morgan fingerprint density at radius 2 is 1.81 bits per heavy atom. The molecule has 0 atom stereocenters. The van der Waals surface area contributed by atoms with Crippen LogP contribution in [0.3, 0.4) is 0 Å². The summed E-state index contributed by atoms with van der Waals surface area (Å²) in [6.45, 7) is 7.71. The Morgan fingerprint density at radius 3 is 2.12 bits per heavy atom. The third kappa shape index (κ3) is 5.46. The first kappa shape index (κ1) is 15.4. The first-order valence-corrected chi connectivity index (χ1v) is 7.10. The molecule has 0 heterocycles. The molecule has 0 spiro atoms. The van der Waals surface area contributed by atoms with Crippen LogP contribution in [0, 0.1) is 11.3 Å². The van der Waals surface area contributed by atoms with Gasteiger partial charge < -0.3 is 5.73 Å². The van der Waals surface area contributed by atoms with Crippen molar-refractivity contribution in [3.05, 3.63) is 0 Å². The summed E-state index contributed by atoms with van der Waals surface area (Å²) in [5.41, 5.74) is 5.25. The monoisotopic (exact) mass is 249 g/mol. The van der Waals surface area contributed by atoms with Crippen LogP contribution in [0.2, 0.25) is 0 Å². The van der Waals surface area contributed by atoms with E-state index >= 15 is 0 Å². The fourth-order valence-electron chi connectivity index (χ4n) is 1.47. The highest BCUT2D eigenvalue weighted by atomic mass is 32.2. The van der Waals surface area contributed by atoms with Crippen LogP contribution in [0.1, 0.15) is 34.1 Å². The maximum atomic E-state index is 12.0. The normalized spacial score (nSPS) is 12.7. The van der Waals surface area contributed by atoms with Gasteiger partial charge in [-0.2, -0.15) is 4.31 Å². The van der Waals surface area contributed by atoms with Crippen molar-refractivity contribution < 1.29 is 8.42 Å². The van der Waals surface area contributed by atoms with E-state index in [0.717, 1.165) is 0 Å². The summed E-state index contributed by atoms with van der Waals surface area (Å²) in [6, 6.07) is -0.0944. The average molecular weight is 249 g/mol. The van der Waals surface area contributed by atoms with Crippen molar-refractivity contribution in [3.8, 4) is 0 Å². The molecule has 0 aliphatic rings. The molecule has 0 aromatic heterocycles. The van der Waals surface area contributed by atoms with Crippen LogP contribution in [0.15, 0.2) is 0 Å². The van der Waals surface area contributed by atoms with Crippen molar-refractivity contribution in [1.29, 1.82) is 5.41 Å². The standard InChI is InChI=1S/C10H23N3O2S/c1-8(2)7-16(14,15)13(9(3)4)6-5-10(11)12/h8-9H,5-7H2,1-4H3,(H3,11,12). The zero-order valence-corrected chi connectivity index (χ0v) is 11.3. The van der Waals surface area contributed by atoms with E-state index in [1.54, 1.807) is 0 Å². The van der Waals surface area contributed by atoms with Crippen LogP contribution < -0.4 is 5.73 Å². The highest BCUT2D eigenvalue weighted by molar-refractivity contribution is 7.89. The molecule has 0 aliphatic heterocycles. The summed E-state index contributed by atoms with van der Waals surface area (Å²) in [5.74, 6) is 0.261. The molecule has 0 radical (unpaired) electrons. The highest BCUT2D eigenvalue weighted by Gasteiger charge is 2.25. The number of rotatable bonds is 7. The lowest BCUT2D eigenvalue weighted by Crippen LogP contribution is -2.41. The number of nitrogens with one attached hydrogen (secondary N) is 1. The summed E-state index contributed by atoms with van der Waals surface area (Å²) >= 11 is 0. The molecule has 6 heteroatoms. The largest absolute Gasteiger partial charge is 0.388 e. The van der Waals surface area contributed by atoms with Crippen molar-refractivity contribution in [1.82, 2.24) is 4.31 Å². The van der Waals surface area contributed by atoms with Gasteiger partial charge >= 0.3 is 0 Å². The molecule has 16 heavy (non-hydrogen) atoms. The van der Waals surface area contributed by atoms with E-state index in [-0.39, 0.29) is 30.0 Å². The molecule has 0 amide bonds. The van der Waals surface area contributed by atoms with Gasteiger partial charge in [-0.25, -0.2) is 8.42 Å². The Hall–Kier alpha value is -0.620. The molecule has 5 nitrogen and oxygen atoms in total. The maximum absolute atomic E-state index is 12.0. The molecular weight excluding hydrogens is 226 g/mol. The fourth-order valence-corrected chi connectivity index (χ4v) is 3.51. The van der Waals surface area contributed by atoms with Gasteiger partial charge in [-0.15, -0.1) is 0 Å². The van der Waals surface area contributed by atoms with Crippen LogP contribution >= 0.6 is 0 Å². The van der Waals surface area contributed by atoms with E-state index in [9.17, 15) is 8.42 Å². The van der Waals surface area contributed by atoms with Crippen LogP contribution in [0.5, 0.6) is 0 Å². The minimum atomic E-state index is -3.24. The fraction of sp³-hybridized carbons (Fsp3) is 0.900. The Bertz CT molecular complexity index is 323. The lowest BCUT2D eigenvalue weighted by atomic mass is 10.3. The number of amidine groups is 1. The molecule has 0 saturated carbocycles. The average Bonchev–Trinajstić information content (AvgIpc) is 1.98. The van der Waals surface area contributed by atoms with Gasteiger partial charge in [0, 0.05) is 19.0 Å². The zero-order valence-electron chi connectivity index (χ0n) is 10.5. The summed E-state index contributed by atoms with van der Waals surface area (Å²) in [5, 5.41) is 7.13. The zero-order chi connectivity index (χ0) is 12.9. The van der Waals surface area contributed by atoms with Crippen molar-refractivity contribution in [2.24, 2.45) is 11.7 Å². The Kier molecular flexibility index (Phi) is 5.96. The van der Waals surface area contributed by atoms with Gasteiger partial charge in [-0.3, -0.25) is 5.41 Å². The van der Waals surface area contributed by atoms with E-state index in [1.165, 1.54) is 4.31 Å². The molecule has 0 saturated heterocycles. The maximum Gasteiger partial charge on any atom is 0.214 e. The number of nitrogens with zero attached hydrogens (tertiary/aromatic N) is 1. The Balaban J connectivity index is 4.70. The third-order valence-electron chi connectivity index (χ3n) is 2.08. The summed E-state index contributed by atoms with van der Waals surface area (Å²) in [4.78, 5) is 0. The van der Waals surface area contributed by atoms with Gasteiger partial charge in [0.1, 0.15) is 0 Å². The molecule has 0 fully saturated rings. The van der Waals surface area contributed by atoms with E-state index in [1.807, 2.05) is 27.7 Å². The van der Waals surface area contributed by atoms with Crippen LogP contribution in [0.25, 0.3) is 0 Å². The molecule has 0 rings (SSSR count). The third-order valence-corrected chi connectivity index (χ3v) is 4.49. The molecule has 0 bridgehead atoms. The van der Waals surface area contributed by atoms with Gasteiger partial charge in [0.15, 0.2) is 0 Å². The second kappa shape index (κ2) is 6.20. The van der Waals surface area contributed by atoms with Crippen molar-refractivity contribution in [2.75, 3.05) is 12.3 Å². The van der Waals surface area contributed by atoms with Crippen LogP contribution in [-0.2, 0) is 10.0 Å². The quantitative estimate of drug-likeness (QED) is 0.521. The Morgan fingerprint density at radius 1 is 1.31 bits per heavy atom. The van der Waals surface area contributed by atoms with Gasteiger partial charge in [0.2, 0.25) is 10.0 Å². The van der Waals surface area contributed by atoms with E-state index in [0.29, 0.717) is 6.54 Å². The number of hydrogen-bond donors (Lipinski definition) is 2. The summed E-state index contributed by atoms with van der Waals surface area (Å²) in [7, 11) is -3.24. The molecule has 96 valence electrons. The lowest BCUT2D eigenvalue weighted by Gasteiger charge is -2.26. The summed E-state index contributed by atoms with van der Waals surface area (Å²) in [6.07, 6.45) is 0.287.